The van der Waals surface area contributed by atoms with Crippen LogP contribution < -0.4 is 4.90 Å². The van der Waals surface area contributed by atoms with Crippen molar-refractivity contribution in [2.45, 2.75) is 44.6 Å². The van der Waals surface area contributed by atoms with Gasteiger partial charge in [-0.2, -0.15) is 0 Å². The molecule has 2 bridgehead atoms. The lowest BCUT2D eigenvalue weighted by molar-refractivity contribution is -0.180. The third-order valence-electron chi connectivity index (χ3n) is 7.95. The van der Waals surface area contributed by atoms with Gasteiger partial charge in [0.25, 0.3) is 0 Å². The normalized spacial score (nSPS) is 32.0. The monoisotopic (exact) mass is 455 g/mol. The SMILES string of the molecule is CCO[C@@]12CC[C@@H](C(=O)C1)[C@H]1C(=O)N(CCCCN3CCN(c4ncccn4)CC3)C(=O)[C@H]12. The second-order valence-corrected chi connectivity index (χ2v) is 9.70. The van der Waals surface area contributed by atoms with E-state index < -0.39 is 17.4 Å². The van der Waals surface area contributed by atoms with Crippen LogP contribution in [0, 0.1) is 17.8 Å². The van der Waals surface area contributed by atoms with Crippen molar-refractivity contribution < 1.29 is 19.1 Å². The van der Waals surface area contributed by atoms with Crippen LogP contribution in [0.5, 0.6) is 0 Å². The van der Waals surface area contributed by atoms with Crippen molar-refractivity contribution in [1.29, 1.82) is 0 Å². The van der Waals surface area contributed by atoms with E-state index in [0.717, 1.165) is 51.5 Å². The Labute approximate surface area is 194 Å². The molecule has 0 radical (unpaired) electrons. The predicted octanol–water partition coefficient (Wildman–Crippen LogP) is 1.14. The van der Waals surface area contributed by atoms with Crippen molar-refractivity contribution in [3.05, 3.63) is 18.5 Å². The number of carbonyl (C=O) groups is 3. The quantitative estimate of drug-likeness (QED) is 0.425. The van der Waals surface area contributed by atoms with Crippen LogP contribution in [0.1, 0.15) is 39.0 Å². The molecule has 178 valence electrons. The number of amides is 2. The Morgan fingerprint density at radius 2 is 1.76 bits per heavy atom. The van der Waals surface area contributed by atoms with E-state index in [1.807, 2.05) is 13.0 Å². The maximum absolute atomic E-state index is 13.3. The zero-order chi connectivity index (χ0) is 23.0. The highest BCUT2D eigenvalue weighted by molar-refractivity contribution is 6.09. The number of hydrogen-bond donors (Lipinski definition) is 0. The summed E-state index contributed by atoms with van der Waals surface area (Å²) >= 11 is 0. The highest BCUT2D eigenvalue weighted by Gasteiger charge is 2.67. The number of unbranched alkanes of at least 4 members (excludes halogenated alkanes) is 1. The van der Waals surface area contributed by atoms with Gasteiger partial charge in [0, 0.05) is 64.1 Å². The van der Waals surface area contributed by atoms with E-state index in [0.29, 0.717) is 26.0 Å². The number of fused-ring (bicyclic) bond motifs is 2. The number of nitrogens with zero attached hydrogens (tertiary/aromatic N) is 5. The third kappa shape index (κ3) is 3.95. The number of aromatic nitrogens is 2. The van der Waals surface area contributed by atoms with E-state index in [4.69, 9.17) is 4.74 Å². The van der Waals surface area contributed by atoms with Crippen LogP contribution in [-0.2, 0) is 19.1 Å². The Morgan fingerprint density at radius 1 is 1.03 bits per heavy atom. The lowest BCUT2D eigenvalue weighted by Crippen LogP contribution is -2.59. The molecule has 2 amide bonds. The van der Waals surface area contributed by atoms with Gasteiger partial charge >= 0.3 is 0 Å². The van der Waals surface area contributed by atoms with Crippen LogP contribution in [0.15, 0.2) is 18.5 Å². The molecule has 0 unspecified atom stereocenters. The van der Waals surface area contributed by atoms with Gasteiger partial charge in [-0.3, -0.25) is 24.2 Å². The summed E-state index contributed by atoms with van der Waals surface area (Å²) in [6, 6.07) is 1.82. The number of Topliss-reactive ketones (excluding diaryl/α,β-unsaturated/α-hetero) is 1. The maximum Gasteiger partial charge on any atom is 0.236 e. The molecule has 3 heterocycles. The largest absolute Gasteiger partial charge is 0.374 e. The van der Waals surface area contributed by atoms with Gasteiger partial charge in [-0.25, -0.2) is 9.97 Å². The highest BCUT2D eigenvalue weighted by Crippen LogP contribution is 2.55. The summed E-state index contributed by atoms with van der Waals surface area (Å²) in [6.45, 7) is 7.40. The lowest BCUT2D eigenvalue weighted by atomic mass is 9.56. The molecule has 0 spiro atoms. The van der Waals surface area contributed by atoms with Crippen molar-refractivity contribution in [3.63, 3.8) is 0 Å². The molecule has 5 fully saturated rings. The van der Waals surface area contributed by atoms with Crippen molar-refractivity contribution >= 4 is 23.5 Å². The second-order valence-electron chi connectivity index (χ2n) is 9.70. The number of carbonyl (C=O) groups excluding carboxylic acids is 3. The van der Waals surface area contributed by atoms with E-state index in [2.05, 4.69) is 19.8 Å². The fraction of sp³-hybridized carbons (Fsp3) is 0.708. The average molecular weight is 456 g/mol. The smallest absolute Gasteiger partial charge is 0.236 e. The predicted molar refractivity (Wildman–Crippen MR) is 120 cm³/mol. The number of piperazine rings is 1. The summed E-state index contributed by atoms with van der Waals surface area (Å²) in [6.07, 6.45) is 6.87. The highest BCUT2D eigenvalue weighted by atomic mass is 16.5. The molecule has 2 saturated heterocycles. The topological polar surface area (TPSA) is 95.9 Å². The zero-order valence-electron chi connectivity index (χ0n) is 19.3. The van der Waals surface area contributed by atoms with Crippen molar-refractivity contribution in [2.24, 2.45) is 17.8 Å². The minimum absolute atomic E-state index is 0.0963. The van der Waals surface area contributed by atoms with Crippen molar-refractivity contribution in [2.75, 3.05) is 50.8 Å². The van der Waals surface area contributed by atoms with Gasteiger partial charge in [-0.1, -0.05) is 0 Å². The summed E-state index contributed by atoms with van der Waals surface area (Å²) < 4.78 is 6.01. The number of rotatable bonds is 8. The molecule has 33 heavy (non-hydrogen) atoms. The fourth-order valence-electron chi connectivity index (χ4n) is 6.38. The molecule has 0 N–H and O–H groups in total. The fourth-order valence-corrected chi connectivity index (χ4v) is 6.38. The van der Waals surface area contributed by atoms with Gasteiger partial charge in [-0.05, 0) is 45.2 Å². The number of likely N-dealkylation sites (tertiary alicyclic amines) is 1. The summed E-state index contributed by atoms with van der Waals surface area (Å²) in [5, 5.41) is 0. The molecule has 3 saturated carbocycles. The molecule has 3 aliphatic carbocycles. The van der Waals surface area contributed by atoms with Crippen LogP contribution >= 0.6 is 0 Å². The molecule has 0 aromatic carbocycles. The molecule has 5 aliphatic rings. The van der Waals surface area contributed by atoms with Gasteiger partial charge < -0.3 is 9.64 Å². The van der Waals surface area contributed by atoms with Gasteiger partial charge in [-0.15, -0.1) is 0 Å². The molecule has 2 aliphatic heterocycles. The van der Waals surface area contributed by atoms with E-state index in [-0.39, 0.29) is 29.9 Å². The third-order valence-corrected chi connectivity index (χ3v) is 7.95. The lowest BCUT2D eigenvalue weighted by Gasteiger charge is -2.50. The number of ketones is 1. The Hall–Kier alpha value is -2.39. The summed E-state index contributed by atoms with van der Waals surface area (Å²) in [5.41, 5.74) is -0.769. The first-order valence-corrected chi connectivity index (χ1v) is 12.3. The summed E-state index contributed by atoms with van der Waals surface area (Å²) in [5.74, 6) is -0.679. The van der Waals surface area contributed by atoms with Crippen LogP contribution in [0.4, 0.5) is 5.95 Å². The van der Waals surface area contributed by atoms with Gasteiger partial charge in [0.2, 0.25) is 17.8 Å². The van der Waals surface area contributed by atoms with Gasteiger partial charge in [0.1, 0.15) is 5.78 Å². The zero-order valence-corrected chi connectivity index (χ0v) is 19.3. The molecule has 6 rings (SSSR count). The van der Waals surface area contributed by atoms with Crippen LogP contribution in [0.3, 0.4) is 0 Å². The second kappa shape index (κ2) is 9.10. The maximum atomic E-state index is 13.3. The number of anilines is 1. The first kappa shape index (κ1) is 22.4. The van der Waals surface area contributed by atoms with Crippen molar-refractivity contribution in [1.82, 2.24) is 19.8 Å². The Morgan fingerprint density at radius 3 is 2.45 bits per heavy atom. The van der Waals surface area contributed by atoms with E-state index >= 15 is 0 Å². The first-order chi connectivity index (χ1) is 16.0. The van der Waals surface area contributed by atoms with Crippen LogP contribution in [-0.4, -0.2) is 88.8 Å². The van der Waals surface area contributed by atoms with Gasteiger partial charge in [0.15, 0.2) is 0 Å². The molecule has 9 nitrogen and oxygen atoms in total. The Kier molecular flexibility index (Phi) is 6.18. The van der Waals surface area contributed by atoms with E-state index in [1.54, 1.807) is 12.4 Å². The summed E-state index contributed by atoms with van der Waals surface area (Å²) in [7, 11) is 0. The minimum Gasteiger partial charge on any atom is -0.374 e. The van der Waals surface area contributed by atoms with Gasteiger partial charge in [0.05, 0.1) is 17.4 Å². The number of imide groups is 1. The molecule has 9 heteroatoms. The molecule has 4 atom stereocenters. The minimum atomic E-state index is -0.769. The number of hydrogen-bond acceptors (Lipinski definition) is 8. The molecular formula is C24H33N5O4. The van der Waals surface area contributed by atoms with Crippen LogP contribution in [0.25, 0.3) is 0 Å². The number of ether oxygens (including phenoxy) is 1. The molecule has 1 aromatic rings. The Balaban J connectivity index is 1.12. The molecular weight excluding hydrogens is 422 g/mol. The van der Waals surface area contributed by atoms with E-state index in [9.17, 15) is 14.4 Å². The van der Waals surface area contributed by atoms with E-state index in [1.165, 1.54) is 4.90 Å². The van der Waals surface area contributed by atoms with Crippen LogP contribution in [0.2, 0.25) is 0 Å². The standard InChI is InChI=1S/C24H33N5O4/c1-2-33-24-7-6-17(18(30)16-24)19-20(24)22(32)29(21(19)31)11-4-3-10-27-12-14-28(15-13-27)23-25-8-5-9-26-23/h5,8-9,17,19-20H,2-4,6-7,10-16H2,1H3/t17-,19+,20-,24-/m0/s1. The average Bonchev–Trinajstić information content (AvgIpc) is 3.10. The molecule has 1 aromatic heterocycles. The van der Waals surface area contributed by atoms with Crippen molar-refractivity contribution in [3.8, 4) is 0 Å². The summed E-state index contributed by atoms with van der Waals surface area (Å²) in [4.78, 5) is 53.8. The first-order valence-electron chi connectivity index (χ1n) is 12.3. The Bertz CT molecular complexity index is 899.